The number of ketones is 2. The molecular weight excluding hydrogens is 782 g/mol. The van der Waals surface area contributed by atoms with E-state index in [-0.39, 0.29) is 30.6 Å². The number of hydrogen-bond donors (Lipinski definition) is 2. The molecule has 0 saturated heterocycles. The second-order valence-corrected chi connectivity index (χ2v) is 15.5. The van der Waals surface area contributed by atoms with Crippen LogP contribution in [-0.4, -0.2) is 54.6 Å². The number of benzene rings is 5. The van der Waals surface area contributed by atoms with Gasteiger partial charge in [-0.15, -0.1) is 0 Å². The first-order valence-corrected chi connectivity index (χ1v) is 20.8. The zero-order chi connectivity index (χ0) is 41.6. The third-order valence-electron chi connectivity index (χ3n) is 11.1. The van der Waals surface area contributed by atoms with E-state index in [4.69, 9.17) is 25.8 Å². The third kappa shape index (κ3) is 9.14. The molecule has 60 heavy (non-hydrogen) atoms. The van der Waals surface area contributed by atoms with Crippen LogP contribution in [0, 0.1) is 11.6 Å². The van der Waals surface area contributed by atoms with Gasteiger partial charge in [-0.1, -0.05) is 67.1 Å². The predicted molar refractivity (Wildman–Crippen MR) is 234 cm³/mol. The summed E-state index contributed by atoms with van der Waals surface area (Å²) in [7, 11) is 0. The fourth-order valence-electron chi connectivity index (χ4n) is 8.14. The average molecular weight is 827 g/mol. The number of aromatic nitrogens is 2. The molecule has 2 heterocycles. The number of aryl methyl sites for hydroxylation is 2. The summed E-state index contributed by atoms with van der Waals surface area (Å²) in [5, 5.41) is 2.24. The van der Waals surface area contributed by atoms with E-state index < -0.39 is 5.82 Å². The summed E-state index contributed by atoms with van der Waals surface area (Å²) in [6.45, 7) is 3.34. The number of allylic oxidation sites excluding steroid dienone is 1. The Morgan fingerprint density at radius 3 is 2.38 bits per heavy atom. The molecule has 0 unspecified atom stereocenters. The van der Waals surface area contributed by atoms with Crippen LogP contribution in [0.15, 0.2) is 109 Å². The molecule has 8 rings (SSSR count). The van der Waals surface area contributed by atoms with Crippen molar-refractivity contribution in [1.82, 2.24) is 9.97 Å². The molecular formula is C50H45ClF2N2O5. The molecule has 0 atom stereocenters. The summed E-state index contributed by atoms with van der Waals surface area (Å²) in [5.41, 5.74) is 10.3. The topological polar surface area (TPSA) is 93.4 Å². The quantitative estimate of drug-likeness (QED) is 0.0704. The van der Waals surface area contributed by atoms with Crippen molar-refractivity contribution in [2.75, 3.05) is 33.0 Å². The average Bonchev–Trinajstić information content (AvgIpc) is 3.83. The predicted octanol–water partition coefficient (Wildman–Crippen LogP) is 11.7. The lowest BCUT2D eigenvalue weighted by atomic mass is 9.87. The van der Waals surface area contributed by atoms with E-state index in [0.29, 0.717) is 72.9 Å². The van der Waals surface area contributed by atoms with Gasteiger partial charge < -0.3 is 24.2 Å². The highest BCUT2D eigenvalue weighted by Gasteiger charge is 2.24. The van der Waals surface area contributed by atoms with Gasteiger partial charge in [-0.25, -0.2) is 8.78 Å². The Morgan fingerprint density at radius 2 is 1.58 bits per heavy atom. The number of carbonyl (C=O) groups excluding carboxylic acids is 2. The van der Waals surface area contributed by atoms with Gasteiger partial charge in [0.05, 0.1) is 19.8 Å². The zero-order valence-corrected chi connectivity index (χ0v) is 34.1. The lowest BCUT2D eigenvalue weighted by Gasteiger charge is -2.18. The van der Waals surface area contributed by atoms with Crippen LogP contribution in [0.1, 0.15) is 70.8 Å². The van der Waals surface area contributed by atoms with Crippen LogP contribution in [0.2, 0.25) is 5.02 Å². The van der Waals surface area contributed by atoms with Gasteiger partial charge in [0.2, 0.25) is 0 Å². The molecule has 5 aromatic carbocycles. The minimum absolute atomic E-state index is 0.00811. The first-order chi connectivity index (χ1) is 29.2. The van der Waals surface area contributed by atoms with Gasteiger partial charge in [-0.3, -0.25) is 9.59 Å². The molecule has 0 saturated carbocycles. The third-order valence-corrected chi connectivity index (χ3v) is 11.3. The van der Waals surface area contributed by atoms with Crippen molar-refractivity contribution in [2.45, 2.75) is 45.4 Å². The van der Waals surface area contributed by atoms with Crippen molar-refractivity contribution in [3.05, 3.63) is 159 Å². The summed E-state index contributed by atoms with van der Waals surface area (Å²) in [6, 6.07) is 31.6. The van der Waals surface area contributed by atoms with Crippen LogP contribution in [0.25, 0.3) is 44.2 Å². The molecule has 306 valence electrons. The highest BCUT2D eigenvalue weighted by Crippen LogP contribution is 2.39. The van der Waals surface area contributed by atoms with Gasteiger partial charge in [0.15, 0.2) is 11.6 Å². The molecule has 0 amide bonds. The smallest absolute Gasteiger partial charge is 0.163 e. The second-order valence-electron chi connectivity index (χ2n) is 15.0. The molecule has 10 heteroatoms. The van der Waals surface area contributed by atoms with Crippen LogP contribution in [0.3, 0.4) is 0 Å². The molecule has 2 N–H and O–H groups in total. The van der Waals surface area contributed by atoms with Crippen molar-refractivity contribution in [2.24, 2.45) is 0 Å². The van der Waals surface area contributed by atoms with Gasteiger partial charge in [-0.05, 0) is 125 Å². The van der Waals surface area contributed by atoms with E-state index in [0.717, 1.165) is 73.8 Å². The molecule has 0 aliphatic heterocycles. The van der Waals surface area contributed by atoms with Crippen molar-refractivity contribution < 1.29 is 32.6 Å². The lowest BCUT2D eigenvalue weighted by Crippen LogP contribution is -2.14. The fourth-order valence-corrected chi connectivity index (χ4v) is 8.30. The van der Waals surface area contributed by atoms with Gasteiger partial charge in [0.1, 0.15) is 30.6 Å². The van der Waals surface area contributed by atoms with Crippen LogP contribution in [0.5, 0.6) is 5.75 Å². The van der Waals surface area contributed by atoms with Gasteiger partial charge in [-0.2, -0.15) is 0 Å². The maximum Gasteiger partial charge on any atom is 0.163 e. The first-order valence-electron chi connectivity index (χ1n) is 20.4. The minimum Gasteiger partial charge on any atom is -0.491 e. The number of nitrogens with one attached hydrogen (secondary N) is 2. The number of hydrogen-bond acceptors (Lipinski definition) is 5. The number of fused-ring (bicyclic) bond motifs is 1. The van der Waals surface area contributed by atoms with E-state index >= 15 is 4.39 Å². The molecule has 0 spiro atoms. The number of ether oxygens (including phenoxy) is 3. The molecule has 0 bridgehead atoms. The molecule has 2 aromatic heterocycles. The van der Waals surface area contributed by atoms with E-state index in [2.05, 4.69) is 22.1 Å². The van der Waals surface area contributed by atoms with E-state index in [1.165, 1.54) is 18.2 Å². The van der Waals surface area contributed by atoms with Gasteiger partial charge >= 0.3 is 0 Å². The fraction of sp³-hybridized carbons (Fsp3) is 0.240. The largest absolute Gasteiger partial charge is 0.491 e. The summed E-state index contributed by atoms with van der Waals surface area (Å²) < 4.78 is 46.8. The number of rotatable bonds is 17. The normalized spacial score (nSPS) is 13.2. The second kappa shape index (κ2) is 18.6. The maximum atomic E-state index is 15.3. The molecule has 7 nitrogen and oxygen atoms in total. The molecule has 0 fully saturated rings. The van der Waals surface area contributed by atoms with Crippen molar-refractivity contribution in [3.8, 4) is 17.0 Å². The lowest BCUT2D eigenvalue weighted by molar-refractivity contribution is -0.124. The Morgan fingerprint density at radius 1 is 0.800 bits per heavy atom. The molecule has 0 radical (unpaired) electrons. The monoisotopic (exact) mass is 826 g/mol. The van der Waals surface area contributed by atoms with Crippen molar-refractivity contribution >= 4 is 56.1 Å². The highest BCUT2D eigenvalue weighted by molar-refractivity contribution is 6.30. The zero-order valence-electron chi connectivity index (χ0n) is 33.3. The van der Waals surface area contributed by atoms with E-state index in [1.807, 2.05) is 73.8 Å². The summed E-state index contributed by atoms with van der Waals surface area (Å²) in [6.07, 6.45) is 5.33. The Hall–Kier alpha value is -5.87. The number of aromatic amines is 2. The number of carbonyl (C=O) groups is 2. The molecule has 7 aromatic rings. The maximum absolute atomic E-state index is 15.3. The van der Waals surface area contributed by atoms with Crippen LogP contribution in [-0.2, 0) is 27.1 Å². The Kier molecular flexibility index (Phi) is 12.7. The Balaban J connectivity index is 0.782. The van der Waals surface area contributed by atoms with Crippen LogP contribution in [0.4, 0.5) is 8.78 Å². The number of halogens is 3. The van der Waals surface area contributed by atoms with Crippen molar-refractivity contribution in [3.63, 3.8) is 0 Å². The van der Waals surface area contributed by atoms with Gasteiger partial charge in [0, 0.05) is 57.3 Å². The Labute approximate surface area is 352 Å². The summed E-state index contributed by atoms with van der Waals surface area (Å²) in [4.78, 5) is 31.8. The standard InChI is InChI=1S/C50H45ClF2N2O5/c1-2-40(41-18-14-36(51)27-44(41)53)48(35-13-19-45-34(26-35)20-21-54-45)32-11-16-39(17-12-32)60-25-24-58-22-23-59-30-38(56)15-8-31-6-9-33(10-7-31)50-42-4-3-5-47(57)43-28-37(52)29-46(55-50)49(42)43/h6-7,9-14,16-21,26-29,54-55H,2-5,8,15,22-25,30H2,1H3/b48-40+. The van der Waals surface area contributed by atoms with Crippen molar-refractivity contribution in [1.29, 1.82) is 0 Å². The Bertz CT molecular complexity index is 2700. The van der Waals surface area contributed by atoms with E-state index in [9.17, 15) is 14.0 Å². The van der Waals surface area contributed by atoms with Crippen LogP contribution >= 0.6 is 11.6 Å². The molecule has 1 aliphatic carbocycles. The van der Waals surface area contributed by atoms with Crippen LogP contribution < -0.4 is 4.74 Å². The number of Topliss-reactive ketones (excluding diaryl/α,β-unsaturated/α-hetero) is 2. The molecule has 1 aliphatic rings. The number of H-pyrrole nitrogens is 2. The summed E-state index contributed by atoms with van der Waals surface area (Å²) in [5.74, 6) is -0.112. The van der Waals surface area contributed by atoms with E-state index in [1.54, 1.807) is 12.1 Å². The first kappa shape index (κ1) is 40.9. The van der Waals surface area contributed by atoms with Gasteiger partial charge in [0.25, 0.3) is 0 Å². The summed E-state index contributed by atoms with van der Waals surface area (Å²) >= 11 is 6.10. The minimum atomic E-state index is -0.419. The SMILES string of the molecule is CC/C(=C(/c1ccc(OCCOCCOCC(=O)CCc2ccc(-c3[nH]c4cc(F)cc5c4c3CCCC5=O)cc2)cc1)c1ccc2[nH]ccc2c1)c1ccc(Cl)cc1F. The highest BCUT2D eigenvalue weighted by atomic mass is 35.5.